The third kappa shape index (κ3) is 1.59. The first-order chi connectivity index (χ1) is 7.09. The molecule has 1 aromatic heterocycles. The number of aryl methyl sites for hydroxylation is 2. The lowest BCUT2D eigenvalue weighted by Gasteiger charge is -2.05. The van der Waals surface area contributed by atoms with Crippen molar-refractivity contribution in [3.63, 3.8) is 0 Å². The molecule has 0 atom stereocenters. The Labute approximate surface area is 89.2 Å². The van der Waals surface area contributed by atoms with E-state index in [1.165, 1.54) is 5.56 Å². The van der Waals surface area contributed by atoms with Crippen LogP contribution in [-0.4, -0.2) is 9.55 Å². The SMILES string of the molecule is C=c1nc(C)n(-c2cccc(C)c2)c1=C. The Bertz CT molecular complexity index is 593. The fourth-order valence-corrected chi connectivity index (χ4v) is 1.74. The van der Waals surface area contributed by atoms with Crippen LogP contribution in [0.5, 0.6) is 0 Å². The van der Waals surface area contributed by atoms with E-state index >= 15 is 0 Å². The highest BCUT2D eigenvalue weighted by molar-refractivity contribution is 5.37. The number of imidazole rings is 1. The lowest BCUT2D eigenvalue weighted by atomic mass is 10.2. The van der Waals surface area contributed by atoms with Gasteiger partial charge >= 0.3 is 0 Å². The summed E-state index contributed by atoms with van der Waals surface area (Å²) in [5.41, 5.74) is 2.32. The van der Waals surface area contributed by atoms with Gasteiger partial charge in [-0.25, -0.2) is 4.98 Å². The number of nitrogens with zero attached hydrogens (tertiary/aromatic N) is 2. The molecule has 2 nitrogen and oxygen atoms in total. The van der Waals surface area contributed by atoms with Crippen molar-refractivity contribution in [3.8, 4) is 5.69 Å². The zero-order valence-electron chi connectivity index (χ0n) is 9.12. The molecule has 0 amide bonds. The zero-order valence-corrected chi connectivity index (χ0v) is 9.12. The molecule has 0 unspecified atom stereocenters. The van der Waals surface area contributed by atoms with Gasteiger partial charge in [0.15, 0.2) is 0 Å². The second-order valence-electron chi connectivity index (χ2n) is 3.73. The number of rotatable bonds is 1. The minimum absolute atomic E-state index is 0.744. The molecular weight excluding hydrogens is 184 g/mol. The average Bonchev–Trinajstić information content (AvgIpc) is 2.41. The second-order valence-corrected chi connectivity index (χ2v) is 3.73. The van der Waals surface area contributed by atoms with Gasteiger partial charge in [-0.2, -0.15) is 0 Å². The number of benzene rings is 1. The van der Waals surface area contributed by atoms with E-state index in [1.54, 1.807) is 0 Å². The lowest BCUT2D eigenvalue weighted by Crippen LogP contribution is -2.26. The van der Waals surface area contributed by atoms with E-state index in [0.29, 0.717) is 0 Å². The highest BCUT2D eigenvalue weighted by Gasteiger charge is 2.03. The van der Waals surface area contributed by atoms with Crippen LogP contribution in [-0.2, 0) is 0 Å². The summed E-state index contributed by atoms with van der Waals surface area (Å²) in [6, 6.07) is 8.27. The molecule has 0 bridgehead atoms. The van der Waals surface area contributed by atoms with Crippen LogP contribution in [0.15, 0.2) is 24.3 Å². The first-order valence-electron chi connectivity index (χ1n) is 4.90. The minimum atomic E-state index is 0.744. The van der Waals surface area contributed by atoms with Crippen molar-refractivity contribution >= 4 is 13.2 Å². The predicted molar refractivity (Wildman–Crippen MR) is 63.3 cm³/mol. The molecule has 76 valence electrons. The van der Waals surface area contributed by atoms with Gasteiger partial charge in [-0.3, -0.25) is 4.57 Å². The molecule has 0 aliphatic rings. The van der Waals surface area contributed by atoms with E-state index in [-0.39, 0.29) is 0 Å². The van der Waals surface area contributed by atoms with Crippen molar-refractivity contribution in [2.75, 3.05) is 0 Å². The molecule has 0 aliphatic carbocycles. The average molecular weight is 198 g/mol. The standard InChI is InChI=1S/C13H14N2/c1-9-6-5-7-13(8-9)15-11(3)10(2)14-12(15)4/h5-8H,2-3H2,1,4H3. The van der Waals surface area contributed by atoms with E-state index in [1.807, 2.05) is 17.6 Å². The van der Waals surface area contributed by atoms with Gasteiger partial charge in [-0.05, 0) is 31.5 Å². The van der Waals surface area contributed by atoms with E-state index in [0.717, 1.165) is 22.2 Å². The maximum Gasteiger partial charge on any atom is 0.111 e. The normalized spacial score (nSPS) is 10.5. The molecule has 2 heteroatoms. The Morgan fingerprint density at radius 1 is 1.20 bits per heavy atom. The maximum atomic E-state index is 4.31. The molecule has 2 rings (SSSR count). The first kappa shape index (κ1) is 9.71. The fraction of sp³-hybridized carbons (Fsp3) is 0.154. The van der Waals surface area contributed by atoms with E-state index in [9.17, 15) is 0 Å². The van der Waals surface area contributed by atoms with Crippen molar-refractivity contribution in [2.45, 2.75) is 13.8 Å². The quantitative estimate of drug-likeness (QED) is 0.675. The van der Waals surface area contributed by atoms with Gasteiger partial charge in [-0.1, -0.05) is 25.3 Å². The van der Waals surface area contributed by atoms with Gasteiger partial charge < -0.3 is 0 Å². The molecule has 1 aromatic carbocycles. The predicted octanol–water partition coefficient (Wildman–Crippen LogP) is 1.31. The summed E-state index contributed by atoms with van der Waals surface area (Å²) >= 11 is 0. The molecule has 0 N–H and O–H groups in total. The van der Waals surface area contributed by atoms with Crippen LogP contribution in [0.25, 0.3) is 18.8 Å². The van der Waals surface area contributed by atoms with Crippen molar-refractivity contribution in [1.29, 1.82) is 0 Å². The zero-order chi connectivity index (χ0) is 11.0. The molecular formula is C13H14N2. The highest BCUT2D eigenvalue weighted by atomic mass is 15.1. The Morgan fingerprint density at radius 3 is 2.47 bits per heavy atom. The van der Waals surface area contributed by atoms with Crippen LogP contribution in [0, 0.1) is 13.8 Å². The van der Waals surface area contributed by atoms with Gasteiger partial charge in [0.1, 0.15) is 5.82 Å². The molecule has 0 saturated heterocycles. The van der Waals surface area contributed by atoms with Crippen LogP contribution < -0.4 is 10.7 Å². The van der Waals surface area contributed by atoms with Crippen LogP contribution >= 0.6 is 0 Å². The Morgan fingerprint density at radius 2 is 1.93 bits per heavy atom. The van der Waals surface area contributed by atoms with Crippen molar-refractivity contribution < 1.29 is 0 Å². The summed E-state index contributed by atoms with van der Waals surface area (Å²) in [5.74, 6) is 0.926. The molecule has 1 heterocycles. The summed E-state index contributed by atoms with van der Waals surface area (Å²) < 4.78 is 2.02. The van der Waals surface area contributed by atoms with Crippen LogP contribution in [0.3, 0.4) is 0 Å². The van der Waals surface area contributed by atoms with Crippen molar-refractivity contribution in [3.05, 3.63) is 46.4 Å². The lowest BCUT2D eigenvalue weighted by molar-refractivity contribution is 0.950. The van der Waals surface area contributed by atoms with E-state index < -0.39 is 0 Å². The number of aromatic nitrogens is 2. The summed E-state index contributed by atoms with van der Waals surface area (Å²) in [5, 5.41) is 1.60. The van der Waals surface area contributed by atoms with Crippen LogP contribution in [0.1, 0.15) is 11.4 Å². The van der Waals surface area contributed by atoms with Crippen LogP contribution in [0.2, 0.25) is 0 Å². The summed E-state index contributed by atoms with van der Waals surface area (Å²) in [6.45, 7) is 11.9. The second kappa shape index (κ2) is 3.39. The number of hydrogen-bond donors (Lipinski definition) is 0. The Balaban J connectivity index is 2.74. The Kier molecular flexibility index (Phi) is 2.19. The molecule has 2 aromatic rings. The summed E-state index contributed by atoms with van der Waals surface area (Å²) in [6.07, 6.45) is 0. The topological polar surface area (TPSA) is 17.8 Å². The molecule has 15 heavy (non-hydrogen) atoms. The summed E-state index contributed by atoms with van der Waals surface area (Å²) in [4.78, 5) is 4.31. The third-order valence-corrected chi connectivity index (χ3v) is 2.48. The largest absolute Gasteiger partial charge is 0.297 e. The van der Waals surface area contributed by atoms with Crippen molar-refractivity contribution in [2.24, 2.45) is 0 Å². The molecule has 0 aliphatic heterocycles. The number of hydrogen-bond acceptors (Lipinski definition) is 1. The maximum absolute atomic E-state index is 4.31. The minimum Gasteiger partial charge on any atom is -0.297 e. The van der Waals surface area contributed by atoms with Gasteiger partial charge in [0.05, 0.1) is 10.7 Å². The van der Waals surface area contributed by atoms with Gasteiger partial charge in [-0.15, -0.1) is 0 Å². The molecule has 0 radical (unpaired) electrons. The van der Waals surface area contributed by atoms with Crippen LogP contribution in [0.4, 0.5) is 0 Å². The third-order valence-electron chi connectivity index (χ3n) is 2.48. The molecule has 0 saturated carbocycles. The van der Waals surface area contributed by atoms with Gasteiger partial charge in [0.25, 0.3) is 0 Å². The van der Waals surface area contributed by atoms with Crippen molar-refractivity contribution in [1.82, 2.24) is 9.55 Å². The highest BCUT2D eigenvalue weighted by Crippen LogP contribution is 2.08. The van der Waals surface area contributed by atoms with E-state index in [4.69, 9.17) is 0 Å². The smallest absolute Gasteiger partial charge is 0.111 e. The fourth-order valence-electron chi connectivity index (χ4n) is 1.74. The summed E-state index contributed by atoms with van der Waals surface area (Å²) in [7, 11) is 0. The van der Waals surface area contributed by atoms with Gasteiger partial charge in [0.2, 0.25) is 0 Å². The first-order valence-corrected chi connectivity index (χ1v) is 4.90. The monoisotopic (exact) mass is 198 g/mol. The molecule has 0 fully saturated rings. The Hall–Kier alpha value is -1.83. The van der Waals surface area contributed by atoms with Gasteiger partial charge in [0, 0.05) is 5.69 Å². The van der Waals surface area contributed by atoms with E-state index in [2.05, 4.69) is 43.3 Å². The molecule has 0 spiro atoms.